The monoisotopic (exact) mass is 235 g/mol. The van der Waals surface area contributed by atoms with E-state index in [2.05, 4.69) is 0 Å². The predicted octanol–water partition coefficient (Wildman–Crippen LogP) is 2.16. The van der Waals surface area contributed by atoms with E-state index in [0.29, 0.717) is 19.6 Å². The third-order valence-electron chi connectivity index (χ3n) is 2.87. The number of hydrogen-bond donors (Lipinski definition) is 1. The van der Waals surface area contributed by atoms with E-state index in [0.717, 1.165) is 11.3 Å². The highest BCUT2D eigenvalue weighted by atomic mass is 16.2. The fourth-order valence-corrected chi connectivity index (χ4v) is 1.58. The van der Waals surface area contributed by atoms with Gasteiger partial charge in [-0.05, 0) is 25.5 Å². The number of carbonyl (C=O) groups excluding carboxylic acids is 1. The Morgan fingerprint density at radius 3 is 2.41 bits per heavy atom. The molecule has 1 aromatic carbocycles. The van der Waals surface area contributed by atoms with Gasteiger partial charge in [0.1, 0.15) is 0 Å². The molecule has 0 bridgehead atoms. The fourth-order valence-electron chi connectivity index (χ4n) is 1.58. The Morgan fingerprint density at radius 2 is 1.88 bits per heavy atom. The van der Waals surface area contributed by atoms with Crippen molar-refractivity contribution in [1.82, 2.24) is 9.80 Å². The lowest BCUT2D eigenvalue weighted by molar-refractivity contribution is 0.165. The first-order valence-electron chi connectivity index (χ1n) is 5.93. The zero-order chi connectivity index (χ0) is 12.8. The molecule has 0 aliphatic rings. The van der Waals surface area contributed by atoms with Crippen LogP contribution in [0.15, 0.2) is 24.3 Å². The molecule has 0 aromatic heterocycles. The van der Waals surface area contributed by atoms with Crippen molar-refractivity contribution in [3.05, 3.63) is 29.8 Å². The minimum absolute atomic E-state index is 0.0400. The van der Waals surface area contributed by atoms with Crippen molar-refractivity contribution < 1.29 is 4.79 Å². The van der Waals surface area contributed by atoms with E-state index in [-0.39, 0.29) is 6.03 Å². The average molecular weight is 235 g/mol. The molecule has 17 heavy (non-hydrogen) atoms. The van der Waals surface area contributed by atoms with E-state index in [4.69, 9.17) is 5.73 Å². The van der Waals surface area contributed by atoms with Gasteiger partial charge in [-0.25, -0.2) is 4.79 Å². The number of para-hydroxylation sites is 1. The zero-order valence-corrected chi connectivity index (χ0v) is 10.8. The van der Waals surface area contributed by atoms with Crippen molar-refractivity contribution >= 4 is 11.7 Å². The van der Waals surface area contributed by atoms with Crippen LogP contribution in [0.3, 0.4) is 0 Å². The molecule has 0 unspecified atom stereocenters. The second-order valence-corrected chi connectivity index (χ2v) is 4.01. The molecule has 0 heterocycles. The summed E-state index contributed by atoms with van der Waals surface area (Å²) < 4.78 is 0. The Balaban J connectivity index is 2.77. The van der Waals surface area contributed by atoms with Crippen LogP contribution in [0.2, 0.25) is 0 Å². The summed E-state index contributed by atoms with van der Waals surface area (Å²) in [4.78, 5) is 15.5. The van der Waals surface area contributed by atoms with Crippen LogP contribution in [0, 0.1) is 0 Å². The Morgan fingerprint density at radius 1 is 1.24 bits per heavy atom. The summed E-state index contributed by atoms with van der Waals surface area (Å²) in [5, 5.41) is 0. The lowest BCUT2D eigenvalue weighted by Gasteiger charge is -2.26. The number of nitrogens with two attached hydrogens (primary N) is 1. The van der Waals surface area contributed by atoms with Gasteiger partial charge in [-0.2, -0.15) is 0 Å². The smallest absolute Gasteiger partial charge is 0.320 e. The molecule has 0 aliphatic carbocycles. The van der Waals surface area contributed by atoms with Crippen molar-refractivity contribution in [3.63, 3.8) is 0 Å². The number of anilines is 1. The number of nitrogens with zero attached hydrogens (tertiary/aromatic N) is 2. The molecule has 2 N–H and O–H groups in total. The highest BCUT2D eigenvalue weighted by Gasteiger charge is 2.15. The standard InChI is InChI=1S/C13H21N3O/c1-4-15(3)13(17)16(5-2)10-11-8-6-7-9-12(11)14/h6-9H,4-5,10,14H2,1-3H3. The van der Waals surface area contributed by atoms with Gasteiger partial charge < -0.3 is 15.5 Å². The molecule has 1 aromatic rings. The lowest BCUT2D eigenvalue weighted by Crippen LogP contribution is -2.40. The molecule has 0 spiro atoms. The molecule has 0 fully saturated rings. The Hall–Kier alpha value is -1.71. The molecule has 0 aliphatic heterocycles. The van der Waals surface area contributed by atoms with Crippen LogP contribution in [-0.2, 0) is 6.54 Å². The molecule has 0 saturated heterocycles. The number of hydrogen-bond acceptors (Lipinski definition) is 2. The topological polar surface area (TPSA) is 49.6 Å². The van der Waals surface area contributed by atoms with Crippen molar-refractivity contribution in [3.8, 4) is 0 Å². The van der Waals surface area contributed by atoms with Crippen LogP contribution >= 0.6 is 0 Å². The summed E-state index contributed by atoms with van der Waals surface area (Å²) in [6.45, 7) is 5.88. The van der Waals surface area contributed by atoms with Gasteiger partial charge in [0.05, 0.1) is 0 Å². The number of carbonyl (C=O) groups is 1. The summed E-state index contributed by atoms with van der Waals surface area (Å²) in [7, 11) is 1.80. The summed E-state index contributed by atoms with van der Waals surface area (Å²) in [5.41, 5.74) is 7.61. The van der Waals surface area contributed by atoms with Crippen LogP contribution < -0.4 is 5.73 Å². The van der Waals surface area contributed by atoms with Crippen LogP contribution in [0.4, 0.5) is 10.5 Å². The van der Waals surface area contributed by atoms with E-state index in [9.17, 15) is 4.79 Å². The van der Waals surface area contributed by atoms with Crippen molar-refractivity contribution in [2.45, 2.75) is 20.4 Å². The molecular formula is C13H21N3O. The van der Waals surface area contributed by atoms with Gasteiger partial charge in [-0.3, -0.25) is 0 Å². The van der Waals surface area contributed by atoms with Gasteiger partial charge >= 0.3 is 6.03 Å². The third kappa shape index (κ3) is 3.37. The van der Waals surface area contributed by atoms with E-state index >= 15 is 0 Å². The Bertz CT molecular complexity index is 379. The second-order valence-electron chi connectivity index (χ2n) is 4.01. The minimum Gasteiger partial charge on any atom is -0.398 e. The molecule has 0 saturated carbocycles. The maximum atomic E-state index is 12.0. The van der Waals surface area contributed by atoms with Crippen LogP contribution in [0.5, 0.6) is 0 Å². The van der Waals surface area contributed by atoms with Gasteiger partial charge in [0.2, 0.25) is 0 Å². The number of urea groups is 1. The SMILES string of the molecule is CCN(C)C(=O)N(CC)Cc1ccccc1N. The summed E-state index contributed by atoms with van der Waals surface area (Å²) >= 11 is 0. The molecule has 0 atom stereocenters. The maximum Gasteiger partial charge on any atom is 0.320 e. The summed E-state index contributed by atoms with van der Waals surface area (Å²) in [6, 6.07) is 7.69. The molecule has 1 rings (SSSR count). The van der Waals surface area contributed by atoms with Gasteiger partial charge in [0, 0.05) is 32.4 Å². The van der Waals surface area contributed by atoms with Gasteiger partial charge in [-0.15, -0.1) is 0 Å². The maximum absolute atomic E-state index is 12.0. The first kappa shape index (κ1) is 13.4. The summed E-state index contributed by atoms with van der Waals surface area (Å²) in [6.07, 6.45) is 0. The number of rotatable bonds is 4. The van der Waals surface area contributed by atoms with E-state index in [1.807, 2.05) is 38.1 Å². The molecule has 4 heteroatoms. The highest BCUT2D eigenvalue weighted by Crippen LogP contribution is 2.14. The highest BCUT2D eigenvalue weighted by molar-refractivity contribution is 5.74. The lowest BCUT2D eigenvalue weighted by atomic mass is 10.1. The molecule has 4 nitrogen and oxygen atoms in total. The van der Waals surface area contributed by atoms with Gasteiger partial charge in [-0.1, -0.05) is 18.2 Å². The Labute approximate surface area is 103 Å². The molecule has 94 valence electrons. The first-order valence-corrected chi connectivity index (χ1v) is 5.93. The van der Waals surface area contributed by atoms with Gasteiger partial charge in [0.25, 0.3) is 0 Å². The molecule has 2 amide bonds. The number of nitrogen functional groups attached to an aromatic ring is 1. The largest absolute Gasteiger partial charge is 0.398 e. The van der Waals surface area contributed by atoms with Crippen LogP contribution in [0.1, 0.15) is 19.4 Å². The predicted molar refractivity (Wildman–Crippen MR) is 70.6 cm³/mol. The van der Waals surface area contributed by atoms with Crippen molar-refractivity contribution in [2.24, 2.45) is 0 Å². The quantitative estimate of drug-likeness (QED) is 0.813. The normalized spacial score (nSPS) is 10.1. The third-order valence-corrected chi connectivity index (χ3v) is 2.87. The Kier molecular flexibility index (Phi) is 4.82. The molecular weight excluding hydrogens is 214 g/mol. The van der Waals surface area contributed by atoms with E-state index in [1.54, 1.807) is 16.8 Å². The second kappa shape index (κ2) is 6.13. The van der Waals surface area contributed by atoms with Crippen molar-refractivity contribution in [2.75, 3.05) is 25.9 Å². The van der Waals surface area contributed by atoms with Crippen LogP contribution in [-0.4, -0.2) is 36.0 Å². The fraction of sp³-hybridized carbons (Fsp3) is 0.462. The first-order chi connectivity index (χ1) is 8.10. The average Bonchev–Trinajstić information content (AvgIpc) is 2.36. The summed E-state index contributed by atoms with van der Waals surface area (Å²) in [5.74, 6) is 0. The minimum atomic E-state index is 0.0400. The van der Waals surface area contributed by atoms with Gasteiger partial charge in [0.15, 0.2) is 0 Å². The number of benzene rings is 1. The van der Waals surface area contributed by atoms with E-state index < -0.39 is 0 Å². The van der Waals surface area contributed by atoms with Crippen LogP contribution in [0.25, 0.3) is 0 Å². The molecule has 0 radical (unpaired) electrons. The van der Waals surface area contributed by atoms with Crippen molar-refractivity contribution in [1.29, 1.82) is 0 Å². The zero-order valence-electron chi connectivity index (χ0n) is 10.8. The number of amides is 2. The van der Waals surface area contributed by atoms with E-state index in [1.165, 1.54) is 0 Å².